The summed E-state index contributed by atoms with van der Waals surface area (Å²) in [5, 5.41) is 11.0. The fourth-order valence-corrected chi connectivity index (χ4v) is 1.94. The van der Waals surface area contributed by atoms with Crippen LogP contribution in [0.1, 0.15) is 22.5 Å². The Morgan fingerprint density at radius 2 is 2.23 bits per heavy atom. The number of ketones is 1. The van der Waals surface area contributed by atoms with Crippen LogP contribution in [0.2, 0.25) is 0 Å². The van der Waals surface area contributed by atoms with Crippen molar-refractivity contribution in [2.75, 3.05) is 0 Å². The Morgan fingerprint density at radius 3 is 2.69 bits per heavy atom. The van der Waals surface area contributed by atoms with Gasteiger partial charge < -0.3 is 34.7 Å². The Kier molecular flexibility index (Phi) is 3.84. The van der Waals surface area contributed by atoms with Gasteiger partial charge in [-0.25, -0.2) is 0 Å². The van der Waals surface area contributed by atoms with Crippen LogP contribution in [0.25, 0.3) is 0 Å². The highest BCUT2D eigenvalue weighted by atomic mass is 127. The largest absolute Gasteiger partial charge is 1.00 e. The van der Waals surface area contributed by atoms with Crippen molar-refractivity contribution >= 4 is 22.1 Å². The highest BCUT2D eigenvalue weighted by Crippen LogP contribution is 2.34. The van der Waals surface area contributed by atoms with E-state index in [1.165, 1.54) is 11.3 Å². The van der Waals surface area contributed by atoms with E-state index < -0.39 is 0 Å². The minimum absolute atomic E-state index is 0. The van der Waals surface area contributed by atoms with Crippen LogP contribution in [0.5, 0.6) is 0 Å². The van der Waals surface area contributed by atoms with Gasteiger partial charge in [0, 0.05) is 12.0 Å². The van der Waals surface area contributed by atoms with Crippen molar-refractivity contribution in [3.63, 3.8) is 0 Å². The average Bonchev–Trinajstić information content (AvgIpc) is 2.82. The molecule has 0 amide bonds. The molecule has 1 aromatic rings. The molecule has 2 rings (SSSR count). The number of thiophene rings is 1. The Balaban J connectivity index is 0.000000845. The maximum atomic E-state index is 11.4. The summed E-state index contributed by atoms with van der Waals surface area (Å²) in [6.07, 6.45) is 2.04. The first-order chi connectivity index (χ1) is 5.81. The van der Waals surface area contributed by atoms with Gasteiger partial charge in [-0.15, -0.1) is 0 Å². The summed E-state index contributed by atoms with van der Waals surface area (Å²) in [4.78, 5) is 12.2. The summed E-state index contributed by atoms with van der Waals surface area (Å²) in [6, 6.07) is 3.45. The van der Waals surface area contributed by atoms with Crippen molar-refractivity contribution in [2.45, 2.75) is 12.8 Å². The third-order valence-corrected chi connectivity index (χ3v) is 2.96. The molecule has 3 nitrogen and oxygen atoms in total. The van der Waals surface area contributed by atoms with Crippen molar-refractivity contribution in [1.29, 1.82) is 0 Å². The van der Waals surface area contributed by atoms with Gasteiger partial charge in [0.2, 0.25) is 0 Å². The van der Waals surface area contributed by atoms with Crippen LogP contribution in [0, 0.1) is 11.1 Å². The van der Waals surface area contributed by atoms with Crippen LogP contribution in [0.4, 0.5) is 5.00 Å². The van der Waals surface area contributed by atoms with Gasteiger partial charge in [0.25, 0.3) is 0 Å². The maximum absolute atomic E-state index is 11.4. The molecule has 0 aromatic carbocycles. The van der Waals surface area contributed by atoms with E-state index in [0.717, 1.165) is 23.2 Å². The second-order valence-electron chi connectivity index (χ2n) is 2.96. The number of Topliss-reactive ketones (excluding diaryl/α,β-unsaturated/α-hetero) is 1. The van der Waals surface area contributed by atoms with Gasteiger partial charge in [0.05, 0.1) is 4.88 Å². The van der Waals surface area contributed by atoms with Crippen LogP contribution in [-0.2, 0) is 0 Å². The first-order valence-electron chi connectivity index (χ1n) is 3.90. The quantitative estimate of drug-likeness (QED) is 0.400. The molecule has 0 saturated heterocycles. The fourth-order valence-electron chi connectivity index (χ4n) is 1.10. The lowest BCUT2D eigenvalue weighted by Crippen LogP contribution is -3.00. The van der Waals surface area contributed by atoms with Crippen LogP contribution >= 0.6 is 11.3 Å². The molecule has 0 aliphatic heterocycles. The van der Waals surface area contributed by atoms with E-state index in [1.54, 1.807) is 12.1 Å². The van der Waals surface area contributed by atoms with Crippen molar-refractivity contribution in [2.24, 2.45) is 5.92 Å². The van der Waals surface area contributed by atoms with Crippen molar-refractivity contribution < 1.29 is 34.3 Å². The summed E-state index contributed by atoms with van der Waals surface area (Å²) in [5.74, 6) is 0.469. The molecule has 0 radical (unpaired) electrons. The van der Waals surface area contributed by atoms with Gasteiger partial charge in [-0.3, -0.25) is 4.79 Å². The van der Waals surface area contributed by atoms with E-state index in [0.29, 0.717) is 5.00 Å². The maximum Gasteiger partial charge on any atom is 0.185 e. The Bertz CT molecular complexity index is 309. The van der Waals surface area contributed by atoms with Crippen LogP contribution in [0.15, 0.2) is 12.1 Å². The van der Waals surface area contributed by atoms with E-state index >= 15 is 0 Å². The number of carbonyl (C=O) groups is 1. The standard InChI is InChI=1S/C8H9NO2S.HI/c10-8(5-1-2-5)6-3-4-7(9-11)12-6;/h3-5H,1-2,9H2;1H/p-1. The molecule has 1 fully saturated rings. The summed E-state index contributed by atoms with van der Waals surface area (Å²) in [7, 11) is 0. The third-order valence-electron chi connectivity index (χ3n) is 1.93. The highest BCUT2D eigenvalue weighted by molar-refractivity contribution is 7.17. The average molecular weight is 310 g/mol. The zero-order valence-corrected chi connectivity index (χ0v) is 9.80. The molecule has 72 valence electrons. The SMILES string of the molecule is O=C(c1ccc([NH2+][O-])s1)C1CC1.[I-]. The zero-order valence-electron chi connectivity index (χ0n) is 6.83. The van der Waals surface area contributed by atoms with Gasteiger partial charge in [0.1, 0.15) is 0 Å². The fraction of sp³-hybridized carbons (Fsp3) is 0.375. The molecular formula is C8H9INO2S-. The first kappa shape index (κ1) is 11.1. The monoisotopic (exact) mass is 310 g/mol. The Morgan fingerprint density at radius 1 is 1.54 bits per heavy atom. The molecule has 1 heterocycles. The molecular weight excluding hydrogens is 301 g/mol. The van der Waals surface area contributed by atoms with Gasteiger partial charge in [0.15, 0.2) is 10.8 Å². The minimum atomic E-state index is 0. The van der Waals surface area contributed by atoms with Gasteiger partial charge >= 0.3 is 0 Å². The summed E-state index contributed by atoms with van der Waals surface area (Å²) in [5.41, 5.74) is 0.786. The molecule has 0 atom stereocenters. The molecule has 2 N–H and O–H groups in total. The predicted octanol–water partition coefficient (Wildman–Crippen LogP) is -1.96. The van der Waals surface area contributed by atoms with Gasteiger partial charge in [-0.2, -0.15) is 0 Å². The number of rotatable bonds is 3. The smallest absolute Gasteiger partial charge is 0.185 e. The second kappa shape index (κ2) is 4.50. The van der Waals surface area contributed by atoms with Crippen molar-refractivity contribution in [3.05, 3.63) is 22.2 Å². The summed E-state index contributed by atoms with van der Waals surface area (Å²) >= 11 is 1.29. The zero-order chi connectivity index (χ0) is 8.55. The lowest BCUT2D eigenvalue weighted by molar-refractivity contribution is -0.492. The van der Waals surface area contributed by atoms with Crippen LogP contribution < -0.4 is 29.5 Å². The number of halogens is 1. The number of hydrogen-bond acceptors (Lipinski definition) is 3. The Hall–Kier alpha value is 0.0200. The van der Waals surface area contributed by atoms with E-state index in [1.807, 2.05) is 0 Å². The number of nitrogens with two attached hydrogens (primary N) is 1. The molecule has 0 spiro atoms. The summed E-state index contributed by atoms with van der Waals surface area (Å²) in [6.45, 7) is 0. The van der Waals surface area contributed by atoms with Crippen LogP contribution in [0.3, 0.4) is 0 Å². The molecule has 1 aliphatic carbocycles. The molecule has 0 bridgehead atoms. The predicted molar refractivity (Wildman–Crippen MR) is 46.3 cm³/mol. The lowest BCUT2D eigenvalue weighted by Gasteiger charge is -1.93. The lowest BCUT2D eigenvalue weighted by atomic mass is 10.2. The topological polar surface area (TPSA) is 56.7 Å². The molecule has 13 heavy (non-hydrogen) atoms. The summed E-state index contributed by atoms with van der Waals surface area (Å²) < 4.78 is 0. The van der Waals surface area contributed by atoms with E-state index in [4.69, 9.17) is 0 Å². The van der Waals surface area contributed by atoms with E-state index in [-0.39, 0.29) is 35.7 Å². The first-order valence-corrected chi connectivity index (χ1v) is 4.72. The molecule has 1 aliphatic rings. The second-order valence-corrected chi connectivity index (χ2v) is 4.07. The normalized spacial score (nSPS) is 15.2. The van der Waals surface area contributed by atoms with E-state index in [9.17, 15) is 10.0 Å². The third kappa shape index (κ3) is 2.49. The van der Waals surface area contributed by atoms with Gasteiger partial charge in [-0.1, -0.05) is 11.3 Å². The minimum Gasteiger partial charge on any atom is -1.00 e. The molecule has 0 unspecified atom stereocenters. The number of carbonyl (C=O) groups excluding carboxylic acids is 1. The van der Waals surface area contributed by atoms with E-state index in [2.05, 4.69) is 0 Å². The van der Waals surface area contributed by atoms with Crippen molar-refractivity contribution in [3.8, 4) is 0 Å². The molecule has 1 aromatic heterocycles. The number of hydrogen-bond donors (Lipinski definition) is 1. The van der Waals surface area contributed by atoms with Gasteiger partial charge in [-0.05, 0) is 18.9 Å². The number of quaternary nitrogens is 1. The van der Waals surface area contributed by atoms with Crippen LogP contribution in [-0.4, -0.2) is 5.78 Å². The van der Waals surface area contributed by atoms with Crippen molar-refractivity contribution in [1.82, 2.24) is 0 Å². The highest BCUT2D eigenvalue weighted by Gasteiger charge is 2.31. The Labute approximate surface area is 97.1 Å². The molecule has 5 heteroatoms. The molecule has 1 saturated carbocycles.